The van der Waals surface area contributed by atoms with Crippen molar-refractivity contribution in [2.24, 2.45) is 0 Å². The fourth-order valence-electron chi connectivity index (χ4n) is 2.07. The number of hydrogen-bond acceptors (Lipinski definition) is 5. The Bertz CT molecular complexity index is 738. The van der Waals surface area contributed by atoms with E-state index in [0.29, 0.717) is 0 Å². The molecule has 20 heavy (non-hydrogen) atoms. The first kappa shape index (κ1) is 11.0. The van der Waals surface area contributed by atoms with Crippen LogP contribution >= 0.6 is 0 Å². The molecule has 0 saturated carbocycles. The summed E-state index contributed by atoms with van der Waals surface area (Å²) in [7, 11) is 0. The van der Waals surface area contributed by atoms with Crippen molar-refractivity contribution in [3.63, 3.8) is 0 Å². The highest BCUT2D eigenvalue weighted by molar-refractivity contribution is 5.64. The maximum absolute atomic E-state index is 5.36. The van der Waals surface area contributed by atoms with Gasteiger partial charge in [-0.05, 0) is 30.3 Å². The van der Waals surface area contributed by atoms with Gasteiger partial charge in [0.15, 0.2) is 17.3 Å². The number of nitrogens with zero attached hydrogens (tertiary/aromatic N) is 4. The van der Waals surface area contributed by atoms with Gasteiger partial charge in [-0.25, -0.2) is 4.98 Å². The van der Waals surface area contributed by atoms with Crippen molar-refractivity contribution in [2.75, 3.05) is 6.79 Å². The molecule has 0 atom stereocenters. The maximum atomic E-state index is 5.36. The molecule has 2 aromatic heterocycles. The summed E-state index contributed by atoms with van der Waals surface area (Å²) in [5.74, 6) is 2.23. The van der Waals surface area contributed by atoms with E-state index in [2.05, 4.69) is 15.2 Å². The molecular weight excluding hydrogens is 256 g/mol. The average molecular weight is 266 g/mol. The zero-order chi connectivity index (χ0) is 13.4. The monoisotopic (exact) mass is 266 g/mol. The lowest BCUT2D eigenvalue weighted by Gasteiger charge is -2.04. The Kier molecular flexibility index (Phi) is 2.38. The second kappa shape index (κ2) is 4.34. The Morgan fingerprint density at radius 2 is 1.95 bits per heavy atom. The van der Waals surface area contributed by atoms with Gasteiger partial charge in [-0.1, -0.05) is 0 Å². The van der Waals surface area contributed by atoms with Gasteiger partial charge in [-0.15, -0.1) is 10.2 Å². The highest BCUT2D eigenvalue weighted by atomic mass is 16.7. The number of ether oxygens (including phenoxy) is 2. The van der Waals surface area contributed by atoms with E-state index < -0.39 is 0 Å². The van der Waals surface area contributed by atoms with Gasteiger partial charge in [0, 0.05) is 18.0 Å². The standard InChI is InChI=1S/C14H10N4O2/c1-3-12-13(20-9-19-12)7-10(1)11-2-4-14(17-16-11)18-6-5-15-8-18/h1-8H,9H2. The van der Waals surface area contributed by atoms with Crippen molar-refractivity contribution in [2.45, 2.75) is 0 Å². The molecule has 0 unspecified atom stereocenters. The second-order valence-electron chi connectivity index (χ2n) is 4.31. The molecule has 0 bridgehead atoms. The van der Waals surface area contributed by atoms with Crippen LogP contribution in [0, 0.1) is 0 Å². The van der Waals surface area contributed by atoms with Gasteiger partial charge in [-0.3, -0.25) is 4.57 Å². The Morgan fingerprint density at radius 1 is 1.00 bits per heavy atom. The van der Waals surface area contributed by atoms with E-state index >= 15 is 0 Å². The molecule has 0 amide bonds. The molecule has 1 aliphatic heterocycles. The molecule has 1 aliphatic rings. The Balaban J connectivity index is 1.69. The minimum absolute atomic E-state index is 0.268. The minimum Gasteiger partial charge on any atom is -0.454 e. The van der Waals surface area contributed by atoms with Gasteiger partial charge in [-0.2, -0.15) is 0 Å². The fraction of sp³-hybridized carbons (Fsp3) is 0.0714. The molecule has 0 saturated heterocycles. The maximum Gasteiger partial charge on any atom is 0.231 e. The quantitative estimate of drug-likeness (QED) is 0.710. The van der Waals surface area contributed by atoms with Crippen LogP contribution in [0.4, 0.5) is 0 Å². The van der Waals surface area contributed by atoms with Crippen LogP contribution in [0.3, 0.4) is 0 Å². The van der Waals surface area contributed by atoms with Crippen molar-refractivity contribution in [3.05, 3.63) is 49.1 Å². The van der Waals surface area contributed by atoms with Crippen LogP contribution in [0.5, 0.6) is 11.5 Å². The first-order valence-corrected chi connectivity index (χ1v) is 6.12. The molecule has 0 aliphatic carbocycles. The predicted molar refractivity (Wildman–Crippen MR) is 70.7 cm³/mol. The summed E-state index contributed by atoms with van der Waals surface area (Å²) in [6.07, 6.45) is 5.21. The zero-order valence-electron chi connectivity index (χ0n) is 10.4. The first-order chi connectivity index (χ1) is 9.90. The number of aromatic nitrogens is 4. The molecule has 0 N–H and O–H groups in total. The van der Waals surface area contributed by atoms with Gasteiger partial charge in [0.1, 0.15) is 6.33 Å². The SMILES string of the molecule is c1cn(-c2ccc(-c3ccc4c(c3)OCO4)nn2)cn1. The molecule has 1 aromatic carbocycles. The largest absolute Gasteiger partial charge is 0.454 e. The van der Waals surface area contributed by atoms with Crippen molar-refractivity contribution >= 4 is 0 Å². The topological polar surface area (TPSA) is 62.1 Å². The number of imidazole rings is 1. The molecule has 6 heteroatoms. The lowest BCUT2D eigenvalue weighted by Crippen LogP contribution is -1.97. The number of hydrogen-bond donors (Lipinski definition) is 0. The summed E-state index contributed by atoms with van der Waals surface area (Å²) in [6.45, 7) is 0.268. The van der Waals surface area contributed by atoms with E-state index in [1.807, 2.05) is 36.5 Å². The average Bonchev–Trinajstić information content (AvgIpc) is 3.18. The Labute approximate surface area is 114 Å². The van der Waals surface area contributed by atoms with Crippen LogP contribution in [-0.4, -0.2) is 26.5 Å². The van der Waals surface area contributed by atoms with Gasteiger partial charge in [0.25, 0.3) is 0 Å². The third-order valence-electron chi connectivity index (χ3n) is 3.09. The van der Waals surface area contributed by atoms with Crippen molar-refractivity contribution in [1.29, 1.82) is 0 Å². The van der Waals surface area contributed by atoms with Crippen molar-refractivity contribution in [3.8, 4) is 28.6 Å². The number of fused-ring (bicyclic) bond motifs is 1. The summed E-state index contributed by atoms with van der Waals surface area (Å²) < 4.78 is 12.5. The molecule has 0 radical (unpaired) electrons. The Morgan fingerprint density at radius 3 is 2.75 bits per heavy atom. The fourth-order valence-corrected chi connectivity index (χ4v) is 2.07. The normalized spacial score (nSPS) is 12.6. The van der Waals surface area contributed by atoms with Crippen LogP contribution < -0.4 is 9.47 Å². The Hall–Kier alpha value is -2.89. The van der Waals surface area contributed by atoms with Gasteiger partial charge < -0.3 is 9.47 Å². The van der Waals surface area contributed by atoms with Crippen LogP contribution in [0.25, 0.3) is 17.1 Å². The van der Waals surface area contributed by atoms with Gasteiger partial charge >= 0.3 is 0 Å². The molecule has 3 aromatic rings. The smallest absolute Gasteiger partial charge is 0.231 e. The van der Waals surface area contributed by atoms with Crippen LogP contribution in [-0.2, 0) is 0 Å². The van der Waals surface area contributed by atoms with E-state index in [-0.39, 0.29) is 6.79 Å². The van der Waals surface area contributed by atoms with E-state index in [1.54, 1.807) is 17.1 Å². The van der Waals surface area contributed by atoms with E-state index in [9.17, 15) is 0 Å². The summed E-state index contributed by atoms with van der Waals surface area (Å²) >= 11 is 0. The minimum atomic E-state index is 0.268. The molecule has 98 valence electrons. The van der Waals surface area contributed by atoms with Crippen LogP contribution in [0.2, 0.25) is 0 Å². The third kappa shape index (κ3) is 1.78. The molecule has 0 spiro atoms. The zero-order valence-corrected chi connectivity index (χ0v) is 10.4. The van der Waals surface area contributed by atoms with Gasteiger partial charge in [0.2, 0.25) is 6.79 Å². The highest BCUT2D eigenvalue weighted by Crippen LogP contribution is 2.35. The summed E-state index contributed by atoms with van der Waals surface area (Å²) in [4.78, 5) is 3.98. The van der Waals surface area contributed by atoms with Crippen LogP contribution in [0.1, 0.15) is 0 Å². The molecular formula is C14H10N4O2. The highest BCUT2D eigenvalue weighted by Gasteiger charge is 2.14. The predicted octanol–water partition coefficient (Wildman–Crippen LogP) is 2.06. The lowest BCUT2D eigenvalue weighted by atomic mass is 10.1. The molecule has 3 heterocycles. The summed E-state index contributed by atoms with van der Waals surface area (Å²) in [5, 5.41) is 8.43. The number of rotatable bonds is 2. The van der Waals surface area contributed by atoms with Crippen LogP contribution in [0.15, 0.2) is 49.1 Å². The van der Waals surface area contributed by atoms with Gasteiger partial charge in [0.05, 0.1) is 5.69 Å². The summed E-state index contributed by atoms with van der Waals surface area (Å²) in [5.41, 5.74) is 1.73. The lowest BCUT2D eigenvalue weighted by molar-refractivity contribution is 0.174. The molecule has 4 rings (SSSR count). The van der Waals surface area contributed by atoms with E-state index in [0.717, 1.165) is 28.6 Å². The second-order valence-corrected chi connectivity index (χ2v) is 4.31. The van der Waals surface area contributed by atoms with E-state index in [1.165, 1.54) is 0 Å². The first-order valence-electron chi connectivity index (χ1n) is 6.12. The van der Waals surface area contributed by atoms with Crippen molar-refractivity contribution in [1.82, 2.24) is 19.7 Å². The molecule has 6 nitrogen and oxygen atoms in total. The number of benzene rings is 1. The molecule has 0 fully saturated rings. The van der Waals surface area contributed by atoms with E-state index in [4.69, 9.17) is 9.47 Å². The van der Waals surface area contributed by atoms with Crippen molar-refractivity contribution < 1.29 is 9.47 Å². The third-order valence-corrected chi connectivity index (χ3v) is 3.09. The summed E-state index contributed by atoms with van der Waals surface area (Å²) in [6, 6.07) is 9.54.